The first kappa shape index (κ1) is 13.5. The van der Waals surface area contributed by atoms with Gasteiger partial charge in [-0.25, -0.2) is 0 Å². The predicted molar refractivity (Wildman–Crippen MR) is 70.3 cm³/mol. The minimum atomic E-state index is -0.634. The molecule has 16 heavy (non-hydrogen) atoms. The topological polar surface area (TPSA) is 20.2 Å². The summed E-state index contributed by atoms with van der Waals surface area (Å²) in [6.45, 7) is 8.63. The van der Waals surface area contributed by atoms with Crippen molar-refractivity contribution in [1.29, 1.82) is 0 Å². The Labute approximate surface area is 100 Å². The molecule has 1 N–H and O–H groups in total. The summed E-state index contributed by atoms with van der Waals surface area (Å²) in [5.74, 6) is 1.27. The third-order valence-corrected chi connectivity index (χ3v) is 3.44. The van der Waals surface area contributed by atoms with Crippen LogP contribution in [0.2, 0.25) is 0 Å². The Kier molecular flexibility index (Phi) is 4.79. The molecule has 0 saturated carbocycles. The van der Waals surface area contributed by atoms with E-state index in [1.165, 1.54) is 18.4 Å². The number of hydrogen-bond donors (Lipinski definition) is 1. The summed E-state index contributed by atoms with van der Waals surface area (Å²) in [6.07, 6.45) is 10.8. The molecule has 1 heteroatoms. The highest BCUT2D eigenvalue weighted by molar-refractivity contribution is 5.23. The molecule has 1 nitrogen and oxygen atoms in total. The molecule has 0 aromatic carbocycles. The molecule has 0 radical (unpaired) electrons. The van der Waals surface area contributed by atoms with E-state index in [9.17, 15) is 5.11 Å². The highest BCUT2D eigenvalue weighted by atomic mass is 16.3. The van der Waals surface area contributed by atoms with E-state index in [0.29, 0.717) is 5.92 Å². The Balaban J connectivity index is 2.85. The van der Waals surface area contributed by atoms with Crippen molar-refractivity contribution >= 4 is 0 Å². The van der Waals surface area contributed by atoms with E-state index < -0.39 is 5.60 Å². The molecule has 0 heterocycles. The minimum absolute atomic E-state index is 0.540. The van der Waals surface area contributed by atoms with Crippen molar-refractivity contribution in [3.63, 3.8) is 0 Å². The van der Waals surface area contributed by atoms with Crippen LogP contribution in [-0.4, -0.2) is 10.7 Å². The monoisotopic (exact) mass is 222 g/mol. The van der Waals surface area contributed by atoms with Gasteiger partial charge in [-0.2, -0.15) is 0 Å². The number of hydrogen-bond acceptors (Lipinski definition) is 1. The molecule has 2 unspecified atom stereocenters. The van der Waals surface area contributed by atoms with Gasteiger partial charge in [0, 0.05) is 0 Å². The van der Waals surface area contributed by atoms with Crippen LogP contribution >= 0.6 is 0 Å². The molecule has 1 aliphatic rings. The van der Waals surface area contributed by atoms with E-state index in [-0.39, 0.29) is 0 Å². The van der Waals surface area contributed by atoms with Crippen molar-refractivity contribution < 1.29 is 5.11 Å². The molecular formula is C15H26O. The summed E-state index contributed by atoms with van der Waals surface area (Å²) >= 11 is 0. The van der Waals surface area contributed by atoms with E-state index in [2.05, 4.69) is 32.9 Å². The fourth-order valence-corrected chi connectivity index (χ4v) is 2.12. The molecule has 0 aliphatic heterocycles. The van der Waals surface area contributed by atoms with Crippen molar-refractivity contribution in [3.05, 3.63) is 23.8 Å². The van der Waals surface area contributed by atoms with Gasteiger partial charge in [-0.3, -0.25) is 0 Å². The molecular weight excluding hydrogens is 196 g/mol. The molecule has 0 spiro atoms. The van der Waals surface area contributed by atoms with Gasteiger partial charge in [-0.15, -0.1) is 0 Å². The van der Waals surface area contributed by atoms with Crippen LogP contribution in [0.1, 0.15) is 53.4 Å². The lowest BCUT2D eigenvalue weighted by molar-refractivity contribution is 0.0970. The van der Waals surface area contributed by atoms with Gasteiger partial charge in [0.2, 0.25) is 0 Å². The highest BCUT2D eigenvalue weighted by Gasteiger charge is 2.17. The van der Waals surface area contributed by atoms with Crippen LogP contribution in [0.15, 0.2) is 23.8 Å². The molecule has 0 saturated heterocycles. The zero-order valence-corrected chi connectivity index (χ0v) is 11.2. The summed E-state index contributed by atoms with van der Waals surface area (Å²) in [5, 5.41) is 10.2. The van der Waals surface area contributed by atoms with E-state index in [1.807, 2.05) is 13.0 Å². The quantitative estimate of drug-likeness (QED) is 0.708. The Bertz CT molecular complexity index is 271. The Morgan fingerprint density at radius 3 is 2.75 bits per heavy atom. The standard InChI is InChI=1S/C15H26O/c1-12(2)14-8-7-13(3)6-5-10-15(4,16)11-9-14/h8-9,11-13,16H,5-7,10H2,1-4H3. The molecule has 0 aromatic rings. The predicted octanol–water partition coefficient (Wildman–Crippen LogP) is 4.09. The van der Waals surface area contributed by atoms with Crippen LogP contribution in [0.25, 0.3) is 0 Å². The summed E-state index contributed by atoms with van der Waals surface area (Å²) in [4.78, 5) is 0. The van der Waals surface area contributed by atoms with Crippen molar-refractivity contribution in [1.82, 2.24) is 0 Å². The summed E-state index contributed by atoms with van der Waals surface area (Å²) in [5.41, 5.74) is 0.722. The first-order valence-corrected chi connectivity index (χ1v) is 6.52. The average molecular weight is 222 g/mol. The van der Waals surface area contributed by atoms with Gasteiger partial charge in [0.05, 0.1) is 5.60 Å². The summed E-state index contributed by atoms with van der Waals surface area (Å²) in [6, 6.07) is 0. The molecule has 1 aliphatic carbocycles. The second-order valence-electron chi connectivity index (χ2n) is 5.78. The number of rotatable bonds is 1. The second kappa shape index (κ2) is 5.67. The van der Waals surface area contributed by atoms with Gasteiger partial charge in [-0.05, 0) is 43.6 Å². The Hall–Kier alpha value is -0.560. The maximum atomic E-state index is 10.2. The molecule has 92 valence electrons. The fourth-order valence-electron chi connectivity index (χ4n) is 2.12. The van der Waals surface area contributed by atoms with E-state index in [0.717, 1.165) is 18.8 Å². The molecule has 0 amide bonds. The molecule has 1 rings (SSSR count). The van der Waals surface area contributed by atoms with Crippen LogP contribution < -0.4 is 0 Å². The summed E-state index contributed by atoms with van der Waals surface area (Å²) < 4.78 is 0. The largest absolute Gasteiger partial charge is 0.386 e. The third-order valence-electron chi connectivity index (χ3n) is 3.44. The SMILES string of the molecule is CC1CC=C(C(C)C)C=CC(C)(O)CCC1. The zero-order valence-electron chi connectivity index (χ0n) is 11.2. The third kappa shape index (κ3) is 4.52. The van der Waals surface area contributed by atoms with Crippen LogP contribution in [0.4, 0.5) is 0 Å². The van der Waals surface area contributed by atoms with Crippen molar-refractivity contribution in [2.24, 2.45) is 11.8 Å². The van der Waals surface area contributed by atoms with E-state index in [1.54, 1.807) is 0 Å². The van der Waals surface area contributed by atoms with E-state index in [4.69, 9.17) is 0 Å². The van der Waals surface area contributed by atoms with Gasteiger partial charge >= 0.3 is 0 Å². The van der Waals surface area contributed by atoms with Gasteiger partial charge in [0.25, 0.3) is 0 Å². The summed E-state index contributed by atoms with van der Waals surface area (Å²) in [7, 11) is 0. The normalized spacial score (nSPS) is 32.6. The van der Waals surface area contributed by atoms with Crippen LogP contribution in [0, 0.1) is 11.8 Å². The lowest BCUT2D eigenvalue weighted by Gasteiger charge is -2.22. The van der Waals surface area contributed by atoms with Crippen LogP contribution in [0.3, 0.4) is 0 Å². The average Bonchev–Trinajstić information content (AvgIpc) is 2.16. The minimum Gasteiger partial charge on any atom is -0.386 e. The number of allylic oxidation sites excluding steroid dienone is 3. The first-order valence-electron chi connectivity index (χ1n) is 6.52. The molecule has 0 bridgehead atoms. The van der Waals surface area contributed by atoms with E-state index >= 15 is 0 Å². The van der Waals surface area contributed by atoms with Crippen LogP contribution in [-0.2, 0) is 0 Å². The molecule has 2 atom stereocenters. The van der Waals surface area contributed by atoms with Gasteiger partial charge in [0.15, 0.2) is 0 Å². The maximum absolute atomic E-state index is 10.2. The second-order valence-corrected chi connectivity index (χ2v) is 5.78. The van der Waals surface area contributed by atoms with Crippen molar-refractivity contribution in [2.75, 3.05) is 0 Å². The van der Waals surface area contributed by atoms with Crippen molar-refractivity contribution in [3.8, 4) is 0 Å². The van der Waals surface area contributed by atoms with Gasteiger partial charge < -0.3 is 5.11 Å². The molecule has 0 fully saturated rings. The lowest BCUT2D eigenvalue weighted by atomic mass is 9.89. The first-order chi connectivity index (χ1) is 7.41. The number of aliphatic hydroxyl groups is 1. The smallest absolute Gasteiger partial charge is 0.0802 e. The zero-order chi connectivity index (χ0) is 12.2. The molecule has 0 aromatic heterocycles. The van der Waals surface area contributed by atoms with Gasteiger partial charge in [0.1, 0.15) is 0 Å². The van der Waals surface area contributed by atoms with Gasteiger partial charge in [-0.1, -0.05) is 45.4 Å². The van der Waals surface area contributed by atoms with Crippen molar-refractivity contribution in [2.45, 2.75) is 59.0 Å². The lowest BCUT2D eigenvalue weighted by Crippen LogP contribution is -2.21. The Morgan fingerprint density at radius 2 is 2.12 bits per heavy atom. The maximum Gasteiger partial charge on any atom is 0.0802 e. The Morgan fingerprint density at radius 1 is 1.44 bits per heavy atom. The van der Waals surface area contributed by atoms with Crippen LogP contribution in [0.5, 0.6) is 0 Å². The highest BCUT2D eigenvalue weighted by Crippen LogP contribution is 2.24. The fraction of sp³-hybridized carbons (Fsp3) is 0.733.